The third-order valence-corrected chi connectivity index (χ3v) is 0.694. The quantitative estimate of drug-likeness (QED) is 0.250. The van der Waals surface area contributed by atoms with Crippen molar-refractivity contribution in [2.45, 2.75) is 0 Å². The topological polar surface area (TPSA) is 96.5 Å². The Kier molecular flexibility index (Phi) is 19.9. The van der Waals surface area contributed by atoms with Gasteiger partial charge in [-0.1, -0.05) is 0 Å². The molecule has 0 amide bonds. The zero-order valence-electron chi connectivity index (χ0n) is 6.38. The van der Waals surface area contributed by atoms with Gasteiger partial charge in [0.05, 0.1) is 19.8 Å². The molecule has 0 radical (unpaired) electrons. The van der Waals surface area contributed by atoms with Crippen molar-refractivity contribution in [2.24, 2.45) is 17.4 Å². The lowest BCUT2D eigenvalue weighted by atomic mass is 10.7. The van der Waals surface area contributed by atoms with Gasteiger partial charge in [0.2, 0.25) is 0 Å². The molecule has 0 aliphatic heterocycles. The van der Waals surface area contributed by atoms with E-state index in [-0.39, 0.29) is 0 Å². The van der Waals surface area contributed by atoms with Crippen LogP contribution in [0.1, 0.15) is 0 Å². The van der Waals surface area contributed by atoms with E-state index in [2.05, 4.69) is 11.7 Å². The third-order valence-electron chi connectivity index (χ3n) is 0.694. The molecule has 0 bridgehead atoms. The van der Waals surface area contributed by atoms with Gasteiger partial charge in [-0.15, -0.1) is 0 Å². The van der Waals surface area contributed by atoms with E-state index in [1.807, 2.05) is 0 Å². The number of hydrogen-bond donors (Lipinski definition) is 3. The normalized spacial score (nSPS) is 8.40. The van der Waals surface area contributed by atoms with Crippen LogP contribution in [0, 0.1) is 0 Å². The molecule has 6 N–H and O–H groups in total. The first kappa shape index (κ1) is 12.5. The highest BCUT2D eigenvalue weighted by atomic mass is 16.5. The van der Waals surface area contributed by atoms with Crippen molar-refractivity contribution in [2.75, 3.05) is 33.5 Å². The fraction of sp³-hybridized carbons (Fsp3) is 1.00. The molecule has 0 aliphatic rings. The maximum Gasteiger partial charge on any atom is 0.0700 e. The minimum absolute atomic E-state index is 0.587. The molecule has 0 aromatic carbocycles. The summed E-state index contributed by atoms with van der Waals surface area (Å²) in [6.45, 7) is 2.51. The van der Waals surface area contributed by atoms with Crippen LogP contribution >= 0.6 is 0 Å². The number of hydrogen-bond acceptors (Lipinski definition) is 5. The van der Waals surface area contributed by atoms with E-state index in [1.165, 1.54) is 0 Å². The van der Waals surface area contributed by atoms with Gasteiger partial charge < -0.3 is 15.2 Å². The van der Waals surface area contributed by atoms with Crippen LogP contribution in [0.3, 0.4) is 0 Å². The summed E-state index contributed by atoms with van der Waals surface area (Å²) < 4.78 is 9.70. The Morgan fingerprint density at radius 2 is 1.70 bits per heavy atom. The lowest BCUT2D eigenvalue weighted by molar-refractivity contribution is 0.0747. The fourth-order valence-electron chi connectivity index (χ4n) is 0.328. The van der Waals surface area contributed by atoms with Crippen LogP contribution in [-0.2, 0) is 9.47 Å². The van der Waals surface area contributed by atoms with Crippen molar-refractivity contribution in [3.63, 3.8) is 0 Å². The van der Waals surface area contributed by atoms with Gasteiger partial charge in [-0.3, -0.25) is 11.7 Å². The number of methoxy groups -OCH3 is 1. The summed E-state index contributed by atoms with van der Waals surface area (Å²) in [6, 6.07) is 0. The van der Waals surface area contributed by atoms with Gasteiger partial charge in [0.25, 0.3) is 0 Å². The molecule has 0 aromatic rings. The molecule has 0 atom stereocenters. The number of rotatable bonds is 5. The minimum atomic E-state index is 0.587. The average Bonchev–Trinajstić information content (AvgIpc) is 2.02. The van der Waals surface area contributed by atoms with Crippen LogP contribution in [-0.4, -0.2) is 33.5 Å². The Morgan fingerprint density at radius 3 is 2.10 bits per heavy atom. The lowest BCUT2D eigenvalue weighted by Crippen LogP contribution is -2.11. The second kappa shape index (κ2) is 15.9. The largest absolute Gasteiger partial charge is 0.382 e. The van der Waals surface area contributed by atoms with Crippen LogP contribution in [0.2, 0.25) is 0 Å². The molecule has 5 heteroatoms. The molecule has 0 fully saturated rings. The Balaban J connectivity index is 0. The van der Waals surface area contributed by atoms with E-state index in [0.29, 0.717) is 26.4 Å². The van der Waals surface area contributed by atoms with E-state index in [4.69, 9.17) is 15.2 Å². The first-order valence-electron chi connectivity index (χ1n) is 3.02. The maximum atomic E-state index is 5.14. The summed E-state index contributed by atoms with van der Waals surface area (Å²) in [5.74, 6) is 8.00. The van der Waals surface area contributed by atoms with Crippen molar-refractivity contribution in [1.82, 2.24) is 0 Å². The van der Waals surface area contributed by atoms with Gasteiger partial charge in [0, 0.05) is 13.7 Å². The standard InChI is InChI=1S/C5H13NO2.H4N2/c1-7-4-5-8-3-2-6;1-2/h2-6H2,1H3;1-2H2. The van der Waals surface area contributed by atoms with E-state index < -0.39 is 0 Å². The van der Waals surface area contributed by atoms with Crippen LogP contribution < -0.4 is 17.4 Å². The molecule has 0 aliphatic carbocycles. The summed E-state index contributed by atoms with van der Waals surface area (Å²) in [4.78, 5) is 0. The predicted molar refractivity (Wildman–Crippen MR) is 40.1 cm³/mol. The Morgan fingerprint density at radius 1 is 1.10 bits per heavy atom. The molecule has 0 unspecified atom stereocenters. The molecule has 64 valence electrons. The molecular formula is C5H17N3O2. The number of nitrogens with two attached hydrogens (primary N) is 3. The van der Waals surface area contributed by atoms with Crippen LogP contribution in [0.15, 0.2) is 0 Å². The average molecular weight is 151 g/mol. The van der Waals surface area contributed by atoms with Crippen molar-refractivity contribution >= 4 is 0 Å². The van der Waals surface area contributed by atoms with Crippen molar-refractivity contribution in [3.05, 3.63) is 0 Å². The molecule has 5 nitrogen and oxygen atoms in total. The molecule has 0 heterocycles. The first-order chi connectivity index (χ1) is 4.91. The molecule has 0 spiro atoms. The number of hydrazine groups is 1. The van der Waals surface area contributed by atoms with E-state index in [1.54, 1.807) is 7.11 Å². The highest BCUT2D eigenvalue weighted by molar-refractivity contribution is 4.30. The second-order valence-electron chi connectivity index (χ2n) is 1.39. The molecule has 10 heavy (non-hydrogen) atoms. The minimum Gasteiger partial charge on any atom is -0.382 e. The van der Waals surface area contributed by atoms with Crippen molar-refractivity contribution < 1.29 is 9.47 Å². The Hall–Kier alpha value is -0.200. The van der Waals surface area contributed by atoms with Gasteiger partial charge in [-0.2, -0.15) is 0 Å². The Bertz CT molecular complexity index is 39.9. The van der Waals surface area contributed by atoms with Gasteiger partial charge in [0.15, 0.2) is 0 Å². The molecule has 0 rings (SSSR count). The molecule has 0 saturated heterocycles. The molecule has 0 saturated carbocycles. The highest BCUT2D eigenvalue weighted by Crippen LogP contribution is 1.71. The van der Waals surface area contributed by atoms with Crippen LogP contribution in [0.25, 0.3) is 0 Å². The van der Waals surface area contributed by atoms with Gasteiger partial charge in [-0.05, 0) is 0 Å². The second-order valence-corrected chi connectivity index (χ2v) is 1.39. The summed E-state index contributed by atoms with van der Waals surface area (Å²) >= 11 is 0. The molecular weight excluding hydrogens is 134 g/mol. The highest BCUT2D eigenvalue weighted by Gasteiger charge is 1.81. The predicted octanol–water partition coefficient (Wildman–Crippen LogP) is -1.57. The summed E-state index contributed by atoms with van der Waals surface area (Å²) in [5, 5.41) is 0. The van der Waals surface area contributed by atoms with E-state index >= 15 is 0 Å². The van der Waals surface area contributed by atoms with Crippen LogP contribution in [0.4, 0.5) is 0 Å². The van der Waals surface area contributed by atoms with Crippen molar-refractivity contribution in [1.29, 1.82) is 0 Å². The van der Waals surface area contributed by atoms with Gasteiger partial charge in [-0.25, -0.2) is 0 Å². The Labute approximate surface area is 61.4 Å². The molecule has 0 aromatic heterocycles. The third kappa shape index (κ3) is 15.7. The smallest absolute Gasteiger partial charge is 0.0700 e. The van der Waals surface area contributed by atoms with Gasteiger partial charge >= 0.3 is 0 Å². The first-order valence-corrected chi connectivity index (χ1v) is 3.02. The van der Waals surface area contributed by atoms with Gasteiger partial charge in [0.1, 0.15) is 0 Å². The SMILES string of the molecule is COCCOCCN.NN. The zero-order chi connectivity index (χ0) is 8.24. The van der Waals surface area contributed by atoms with E-state index in [0.717, 1.165) is 0 Å². The number of ether oxygens (including phenoxy) is 2. The summed E-state index contributed by atoms with van der Waals surface area (Å²) in [7, 11) is 1.64. The zero-order valence-corrected chi connectivity index (χ0v) is 6.38. The summed E-state index contributed by atoms with van der Waals surface area (Å²) in [5.41, 5.74) is 5.14. The van der Waals surface area contributed by atoms with Crippen LogP contribution in [0.5, 0.6) is 0 Å². The monoisotopic (exact) mass is 151 g/mol. The lowest BCUT2D eigenvalue weighted by Gasteiger charge is -1.98. The van der Waals surface area contributed by atoms with Crippen molar-refractivity contribution in [3.8, 4) is 0 Å². The summed E-state index contributed by atoms with van der Waals surface area (Å²) in [6.07, 6.45) is 0. The van der Waals surface area contributed by atoms with E-state index in [9.17, 15) is 0 Å². The maximum absolute atomic E-state index is 5.14. The fourth-order valence-corrected chi connectivity index (χ4v) is 0.328.